The van der Waals surface area contributed by atoms with Gasteiger partial charge in [-0.05, 0) is 47.9 Å². The maximum absolute atomic E-state index is 12.2. The topological polar surface area (TPSA) is 88.0 Å². The molecule has 0 radical (unpaired) electrons. The van der Waals surface area contributed by atoms with E-state index in [2.05, 4.69) is 10.5 Å². The maximum atomic E-state index is 12.2. The number of amides is 1. The van der Waals surface area contributed by atoms with E-state index in [1.165, 1.54) is 12.3 Å². The minimum Gasteiger partial charge on any atom is -0.489 e. The normalized spacial score (nSPS) is 13.4. The largest absolute Gasteiger partial charge is 0.489 e. The molecule has 1 aliphatic carbocycles. The van der Waals surface area contributed by atoms with E-state index in [4.69, 9.17) is 9.84 Å². The van der Waals surface area contributed by atoms with Crippen LogP contribution in [0.2, 0.25) is 0 Å². The monoisotopic (exact) mass is 388 g/mol. The first-order chi connectivity index (χ1) is 14.1. The van der Waals surface area contributed by atoms with E-state index in [1.54, 1.807) is 36.4 Å². The molecule has 0 aliphatic heterocycles. The van der Waals surface area contributed by atoms with Crippen molar-refractivity contribution in [3.05, 3.63) is 101 Å². The van der Waals surface area contributed by atoms with Crippen molar-refractivity contribution in [3.63, 3.8) is 0 Å². The van der Waals surface area contributed by atoms with Crippen LogP contribution in [0.5, 0.6) is 5.75 Å². The molecule has 1 aliphatic rings. The number of benzene rings is 2. The molecule has 3 rings (SSSR count). The number of allylic oxidation sites excluding steroid dienone is 4. The van der Waals surface area contributed by atoms with Crippen LogP contribution < -0.4 is 10.2 Å². The van der Waals surface area contributed by atoms with Crippen LogP contribution in [-0.2, 0) is 11.4 Å². The van der Waals surface area contributed by atoms with Gasteiger partial charge < -0.3 is 9.84 Å². The fourth-order valence-electron chi connectivity index (χ4n) is 2.57. The number of carboxylic acids is 1. The number of hydrogen-bond donors (Lipinski definition) is 2. The van der Waals surface area contributed by atoms with Gasteiger partial charge in [-0.2, -0.15) is 5.10 Å². The van der Waals surface area contributed by atoms with Gasteiger partial charge in [-0.1, -0.05) is 48.6 Å². The van der Waals surface area contributed by atoms with Gasteiger partial charge in [0.2, 0.25) is 0 Å². The summed E-state index contributed by atoms with van der Waals surface area (Å²) < 4.78 is 5.70. The fourth-order valence-corrected chi connectivity index (χ4v) is 2.57. The number of carbonyl (C=O) groups is 2. The van der Waals surface area contributed by atoms with E-state index in [-0.39, 0.29) is 11.5 Å². The second kappa shape index (κ2) is 9.85. The molecule has 0 unspecified atom stereocenters. The van der Waals surface area contributed by atoms with E-state index in [1.807, 2.05) is 36.4 Å². The zero-order valence-corrected chi connectivity index (χ0v) is 15.6. The summed E-state index contributed by atoms with van der Waals surface area (Å²) in [5.74, 6) is -0.653. The lowest BCUT2D eigenvalue weighted by molar-refractivity contribution is -0.132. The summed E-state index contributed by atoms with van der Waals surface area (Å²) >= 11 is 0. The van der Waals surface area contributed by atoms with E-state index < -0.39 is 5.97 Å². The third-order valence-electron chi connectivity index (χ3n) is 4.14. The van der Waals surface area contributed by atoms with Gasteiger partial charge in [-0.3, -0.25) is 4.79 Å². The van der Waals surface area contributed by atoms with Crippen LogP contribution in [0.1, 0.15) is 22.3 Å². The Bertz CT molecular complexity index is 987. The molecule has 0 spiro atoms. The van der Waals surface area contributed by atoms with Gasteiger partial charge in [-0.25, -0.2) is 10.2 Å². The van der Waals surface area contributed by atoms with E-state index in [0.717, 1.165) is 5.56 Å². The molecule has 0 saturated heterocycles. The molecule has 146 valence electrons. The van der Waals surface area contributed by atoms with Gasteiger partial charge in [-0.15, -0.1) is 0 Å². The quantitative estimate of drug-likeness (QED) is 0.557. The Morgan fingerprint density at radius 3 is 2.52 bits per heavy atom. The zero-order chi connectivity index (χ0) is 20.5. The molecule has 0 bridgehead atoms. The van der Waals surface area contributed by atoms with Gasteiger partial charge >= 0.3 is 5.97 Å². The van der Waals surface area contributed by atoms with Gasteiger partial charge in [0.15, 0.2) is 0 Å². The first-order valence-electron chi connectivity index (χ1n) is 9.04. The van der Waals surface area contributed by atoms with E-state index >= 15 is 0 Å². The number of nitrogens with zero attached hydrogens (tertiary/aromatic N) is 1. The third-order valence-corrected chi connectivity index (χ3v) is 4.14. The summed E-state index contributed by atoms with van der Waals surface area (Å²) in [5, 5.41) is 12.9. The molecule has 2 N–H and O–H groups in total. The highest BCUT2D eigenvalue weighted by molar-refractivity contribution is 5.95. The second-order valence-electron chi connectivity index (χ2n) is 6.24. The zero-order valence-electron chi connectivity index (χ0n) is 15.6. The molecule has 0 aromatic heterocycles. The van der Waals surface area contributed by atoms with Crippen molar-refractivity contribution >= 4 is 18.1 Å². The Hall–Kier alpha value is -3.93. The minimum atomic E-state index is -0.975. The van der Waals surface area contributed by atoms with Crippen molar-refractivity contribution in [2.45, 2.75) is 13.0 Å². The lowest BCUT2D eigenvalue weighted by Crippen LogP contribution is -2.17. The van der Waals surface area contributed by atoms with Gasteiger partial charge in [0, 0.05) is 5.56 Å². The molecular formula is C23H20N2O4. The Morgan fingerprint density at radius 2 is 1.79 bits per heavy atom. The standard InChI is InChI=1S/C23H20N2O4/c26-22(25-24-15-17-7-4-8-20(10-9-17)23(27)28)19-11-13-21(14-12-19)29-16-18-5-2-1-3-6-18/h1-3,5-15H,4,16H2,(H,25,26)(H,27,28)/b24-15+. The van der Waals surface area contributed by atoms with Crippen molar-refractivity contribution in [2.75, 3.05) is 0 Å². The molecule has 6 heteroatoms. The van der Waals surface area contributed by atoms with E-state index in [0.29, 0.717) is 29.9 Å². The van der Waals surface area contributed by atoms with Crippen LogP contribution in [0.25, 0.3) is 0 Å². The minimum absolute atomic E-state index is 0.225. The molecule has 1 amide bonds. The van der Waals surface area contributed by atoms with Crippen LogP contribution in [0.3, 0.4) is 0 Å². The van der Waals surface area contributed by atoms with Gasteiger partial charge in [0.1, 0.15) is 12.4 Å². The Morgan fingerprint density at radius 1 is 1.03 bits per heavy atom. The molecule has 0 fully saturated rings. The molecular weight excluding hydrogens is 368 g/mol. The summed E-state index contributed by atoms with van der Waals surface area (Å²) in [6, 6.07) is 16.6. The molecule has 6 nitrogen and oxygen atoms in total. The van der Waals surface area contributed by atoms with Crippen LogP contribution in [0.4, 0.5) is 0 Å². The van der Waals surface area contributed by atoms with Crippen molar-refractivity contribution in [1.29, 1.82) is 0 Å². The predicted molar refractivity (Wildman–Crippen MR) is 111 cm³/mol. The van der Waals surface area contributed by atoms with E-state index in [9.17, 15) is 9.59 Å². The Kier molecular flexibility index (Phi) is 6.73. The van der Waals surface area contributed by atoms with Gasteiger partial charge in [0.05, 0.1) is 11.8 Å². The Balaban J connectivity index is 1.50. The molecule has 2 aromatic carbocycles. The number of rotatable bonds is 7. The predicted octanol–water partition coefficient (Wildman–Crippen LogP) is 3.88. The highest BCUT2D eigenvalue weighted by Crippen LogP contribution is 2.14. The Labute approximate surface area is 168 Å². The van der Waals surface area contributed by atoms with Crippen LogP contribution in [0.15, 0.2) is 95.1 Å². The summed E-state index contributed by atoms with van der Waals surface area (Å²) in [5.41, 5.74) is 4.91. The number of aliphatic carboxylic acids is 1. The highest BCUT2D eigenvalue weighted by atomic mass is 16.5. The van der Waals surface area contributed by atoms with Crippen LogP contribution in [-0.4, -0.2) is 23.2 Å². The average molecular weight is 388 g/mol. The summed E-state index contributed by atoms with van der Waals surface area (Å²) in [7, 11) is 0. The SMILES string of the molecule is O=C(O)C1=CCC=C(/C=N/NC(=O)c2ccc(OCc3ccccc3)cc2)C=C1. The molecule has 0 heterocycles. The summed E-state index contributed by atoms with van der Waals surface area (Å²) in [6.07, 6.45) is 8.53. The van der Waals surface area contributed by atoms with Crippen LogP contribution in [0, 0.1) is 0 Å². The molecule has 29 heavy (non-hydrogen) atoms. The number of hydrazone groups is 1. The smallest absolute Gasteiger partial charge is 0.335 e. The first kappa shape index (κ1) is 19.8. The third kappa shape index (κ3) is 6.04. The average Bonchev–Trinajstić information content (AvgIpc) is 2.99. The number of carboxylic acid groups (broad SMARTS) is 1. The van der Waals surface area contributed by atoms with Gasteiger partial charge in [0.25, 0.3) is 5.91 Å². The molecule has 0 atom stereocenters. The van der Waals surface area contributed by atoms with Crippen molar-refractivity contribution in [2.24, 2.45) is 5.10 Å². The summed E-state index contributed by atoms with van der Waals surface area (Å²) in [6.45, 7) is 0.456. The molecule has 0 saturated carbocycles. The number of ether oxygens (including phenoxy) is 1. The maximum Gasteiger partial charge on any atom is 0.335 e. The summed E-state index contributed by atoms with van der Waals surface area (Å²) in [4.78, 5) is 23.2. The number of carbonyl (C=O) groups excluding carboxylic acids is 1. The van der Waals surface area contributed by atoms with Crippen LogP contribution >= 0.6 is 0 Å². The number of hydrogen-bond acceptors (Lipinski definition) is 4. The number of nitrogens with one attached hydrogen (secondary N) is 1. The lowest BCUT2D eigenvalue weighted by atomic mass is 10.2. The lowest BCUT2D eigenvalue weighted by Gasteiger charge is -2.07. The van der Waals surface area contributed by atoms with Crippen molar-refractivity contribution in [1.82, 2.24) is 5.43 Å². The fraction of sp³-hybridized carbons (Fsp3) is 0.0870. The van der Waals surface area contributed by atoms with Crippen molar-refractivity contribution < 1.29 is 19.4 Å². The first-order valence-corrected chi connectivity index (χ1v) is 9.04. The molecule has 2 aromatic rings. The highest BCUT2D eigenvalue weighted by Gasteiger charge is 2.06. The van der Waals surface area contributed by atoms with Crippen molar-refractivity contribution in [3.8, 4) is 5.75 Å². The second-order valence-corrected chi connectivity index (χ2v) is 6.24.